The molecule has 1 aliphatic heterocycles. The van der Waals surface area contributed by atoms with E-state index in [4.69, 9.17) is 24.4 Å². The van der Waals surface area contributed by atoms with E-state index in [9.17, 15) is 28.8 Å². The normalized spacial score (nSPS) is 12.5. The average molecular weight is 517 g/mol. The van der Waals surface area contributed by atoms with Gasteiger partial charge in [-0.3, -0.25) is 19.2 Å². The summed E-state index contributed by atoms with van der Waals surface area (Å²) in [6.45, 7) is 14.0. The van der Waals surface area contributed by atoms with Gasteiger partial charge < -0.3 is 29.2 Å². The van der Waals surface area contributed by atoms with E-state index in [0.29, 0.717) is 0 Å². The molecule has 1 heterocycles. The van der Waals surface area contributed by atoms with Crippen molar-refractivity contribution in [1.82, 2.24) is 0 Å². The Morgan fingerprint density at radius 2 is 1.25 bits per heavy atom. The summed E-state index contributed by atoms with van der Waals surface area (Å²) in [6, 6.07) is 0. The Balaban J connectivity index is 0. The Morgan fingerprint density at radius 1 is 0.833 bits per heavy atom. The number of hydrogen-bond acceptors (Lipinski definition) is 11. The largest absolute Gasteiger partial charge is 0.481 e. The summed E-state index contributed by atoms with van der Waals surface area (Å²) in [5, 5.41) is 17.2. The lowest BCUT2D eigenvalue weighted by atomic mass is 9.96. The Hall–Kier alpha value is -3.54. The molecule has 1 rings (SSSR count). The molecule has 0 aromatic carbocycles. The summed E-state index contributed by atoms with van der Waals surface area (Å²) in [5.74, 6) is -3.42. The number of carbonyl (C=O) groups excluding carboxylic acids is 5. The number of aliphatic hydroxyl groups excluding tert-OH is 1. The quantitative estimate of drug-likeness (QED) is 0.166. The number of hydrogen-bond donors (Lipinski definition) is 2. The van der Waals surface area contributed by atoms with E-state index in [0.717, 1.165) is 12.2 Å². The van der Waals surface area contributed by atoms with Crippen LogP contribution in [0.3, 0.4) is 0 Å². The van der Waals surface area contributed by atoms with Crippen LogP contribution in [-0.2, 0) is 47.7 Å². The number of aliphatic carboxylic acids is 1. The van der Waals surface area contributed by atoms with Crippen LogP contribution in [0.4, 0.5) is 0 Å². The van der Waals surface area contributed by atoms with Crippen LogP contribution in [-0.4, -0.2) is 72.5 Å². The third-order valence-corrected chi connectivity index (χ3v) is 3.90. The minimum Gasteiger partial charge on any atom is -0.481 e. The highest BCUT2D eigenvalue weighted by Crippen LogP contribution is 2.16. The molecule has 204 valence electrons. The minimum atomic E-state index is -1.05. The standard InChI is InChI=1S/C12H18O6.C8H14O3.C4H4O3/c1-4-10(15)17-7-12(2,3)8-18-11(16)6-5-9(13)14;1-4-7(10)11-6-8(2,3)5-9;5-3-1-2-4(6)7-3/h4H,1,5-8H2,2-3H3,(H,13,14);4,9H,1,5-6H2,2-3H3;1-2H2. The van der Waals surface area contributed by atoms with Gasteiger partial charge in [-0.15, -0.1) is 0 Å². The molecule has 0 aliphatic carbocycles. The van der Waals surface area contributed by atoms with Crippen molar-refractivity contribution in [3.05, 3.63) is 25.3 Å². The molecule has 0 aromatic heterocycles. The third kappa shape index (κ3) is 21.0. The van der Waals surface area contributed by atoms with Crippen LogP contribution in [0.25, 0.3) is 0 Å². The monoisotopic (exact) mass is 516 g/mol. The number of esters is 5. The fourth-order valence-electron chi connectivity index (χ4n) is 1.73. The van der Waals surface area contributed by atoms with Crippen molar-refractivity contribution in [2.24, 2.45) is 10.8 Å². The average Bonchev–Trinajstić information content (AvgIpc) is 3.21. The molecule has 0 unspecified atom stereocenters. The van der Waals surface area contributed by atoms with E-state index in [1.807, 2.05) is 13.8 Å². The van der Waals surface area contributed by atoms with E-state index < -0.39 is 41.2 Å². The van der Waals surface area contributed by atoms with Crippen LogP contribution in [0.5, 0.6) is 0 Å². The second-order valence-corrected chi connectivity index (χ2v) is 9.01. The zero-order valence-corrected chi connectivity index (χ0v) is 21.2. The molecule has 0 atom stereocenters. The molecule has 1 fully saturated rings. The van der Waals surface area contributed by atoms with Crippen molar-refractivity contribution in [1.29, 1.82) is 0 Å². The maximum absolute atomic E-state index is 11.2. The third-order valence-electron chi connectivity index (χ3n) is 3.90. The van der Waals surface area contributed by atoms with Crippen molar-refractivity contribution < 1.29 is 57.9 Å². The summed E-state index contributed by atoms with van der Waals surface area (Å²) in [4.78, 5) is 62.9. The van der Waals surface area contributed by atoms with Crippen LogP contribution in [0.1, 0.15) is 53.4 Å². The molecule has 2 N–H and O–H groups in total. The number of cyclic esters (lactones) is 2. The van der Waals surface area contributed by atoms with Crippen LogP contribution in [0.2, 0.25) is 0 Å². The zero-order chi connectivity index (χ0) is 28.4. The summed E-state index contributed by atoms with van der Waals surface area (Å²) in [6.07, 6.45) is 2.25. The maximum atomic E-state index is 11.2. The van der Waals surface area contributed by atoms with Gasteiger partial charge in [0, 0.05) is 23.0 Å². The van der Waals surface area contributed by atoms with Crippen LogP contribution >= 0.6 is 0 Å². The molecular formula is C24H36O12. The van der Waals surface area contributed by atoms with Crippen molar-refractivity contribution in [2.45, 2.75) is 53.4 Å². The highest BCUT2D eigenvalue weighted by molar-refractivity contribution is 5.92. The highest BCUT2D eigenvalue weighted by Gasteiger charge is 2.22. The van der Waals surface area contributed by atoms with Crippen LogP contribution in [0.15, 0.2) is 25.3 Å². The fourth-order valence-corrected chi connectivity index (χ4v) is 1.73. The van der Waals surface area contributed by atoms with Gasteiger partial charge in [-0.1, -0.05) is 40.9 Å². The first-order chi connectivity index (χ1) is 16.6. The van der Waals surface area contributed by atoms with Crippen molar-refractivity contribution in [3.8, 4) is 0 Å². The molecule has 0 aromatic rings. The molecule has 0 amide bonds. The van der Waals surface area contributed by atoms with Crippen molar-refractivity contribution in [2.75, 3.05) is 26.4 Å². The first-order valence-corrected chi connectivity index (χ1v) is 10.9. The van der Waals surface area contributed by atoms with E-state index in [1.54, 1.807) is 13.8 Å². The minimum absolute atomic E-state index is 0.00256. The Kier molecular flexibility index (Phi) is 17.2. The Labute approximate surface area is 210 Å². The molecule has 36 heavy (non-hydrogen) atoms. The smallest absolute Gasteiger partial charge is 0.330 e. The lowest BCUT2D eigenvalue weighted by Gasteiger charge is -2.23. The number of carboxylic acid groups (broad SMARTS) is 1. The second-order valence-electron chi connectivity index (χ2n) is 9.01. The number of carbonyl (C=O) groups is 6. The van der Waals surface area contributed by atoms with Gasteiger partial charge in [-0.2, -0.15) is 0 Å². The van der Waals surface area contributed by atoms with E-state index in [1.165, 1.54) is 0 Å². The predicted octanol–water partition coefficient (Wildman–Crippen LogP) is 1.73. The predicted molar refractivity (Wildman–Crippen MR) is 125 cm³/mol. The number of carboxylic acids is 1. The zero-order valence-electron chi connectivity index (χ0n) is 21.2. The molecule has 12 nitrogen and oxygen atoms in total. The van der Waals surface area contributed by atoms with Crippen LogP contribution in [0, 0.1) is 10.8 Å². The lowest BCUT2D eigenvalue weighted by molar-refractivity contribution is -0.153. The summed E-state index contributed by atoms with van der Waals surface area (Å²) >= 11 is 0. The first kappa shape index (κ1) is 34.6. The topological polar surface area (TPSA) is 180 Å². The molecule has 0 bridgehead atoms. The Morgan fingerprint density at radius 3 is 1.58 bits per heavy atom. The van der Waals surface area contributed by atoms with Crippen molar-refractivity contribution in [3.63, 3.8) is 0 Å². The SMILES string of the molecule is C=CC(=O)OCC(C)(C)CO.C=CC(=O)OCC(C)(C)COC(=O)CCC(=O)O.O=C1CCC(=O)O1. The second kappa shape index (κ2) is 17.8. The highest BCUT2D eigenvalue weighted by atomic mass is 16.6. The molecule has 0 radical (unpaired) electrons. The Bertz CT molecular complexity index is 781. The van der Waals surface area contributed by atoms with Gasteiger partial charge in [-0.25, -0.2) is 9.59 Å². The van der Waals surface area contributed by atoms with Crippen molar-refractivity contribution >= 4 is 35.8 Å². The maximum Gasteiger partial charge on any atom is 0.330 e. The number of aliphatic hydroxyl groups is 1. The van der Waals surface area contributed by atoms with E-state index in [-0.39, 0.29) is 57.5 Å². The first-order valence-electron chi connectivity index (χ1n) is 10.9. The number of rotatable bonds is 12. The van der Waals surface area contributed by atoms with Gasteiger partial charge in [0.2, 0.25) is 0 Å². The summed E-state index contributed by atoms with van der Waals surface area (Å²) in [5.41, 5.74) is -0.893. The summed E-state index contributed by atoms with van der Waals surface area (Å²) in [7, 11) is 0. The van der Waals surface area contributed by atoms with E-state index in [2.05, 4.69) is 17.9 Å². The van der Waals surface area contributed by atoms with Gasteiger partial charge >= 0.3 is 35.8 Å². The molecule has 12 heteroatoms. The van der Waals surface area contributed by atoms with Gasteiger partial charge in [0.25, 0.3) is 0 Å². The lowest BCUT2D eigenvalue weighted by Crippen LogP contribution is -2.28. The molecule has 0 spiro atoms. The van der Waals surface area contributed by atoms with Gasteiger partial charge in [0.1, 0.15) is 0 Å². The van der Waals surface area contributed by atoms with Gasteiger partial charge in [0.05, 0.1) is 52.1 Å². The number of ether oxygens (including phenoxy) is 4. The summed E-state index contributed by atoms with van der Waals surface area (Å²) < 4.78 is 18.6. The molecule has 1 saturated heterocycles. The molecular weight excluding hydrogens is 480 g/mol. The molecule has 0 saturated carbocycles. The van der Waals surface area contributed by atoms with Crippen LogP contribution < -0.4 is 0 Å². The van der Waals surface area contributed by atoms with E-state index >= 15 is 0 Å². The van der Waals surface area contributed by atoms with Gasteiger partial charge in [0.15, 0.2) is 0 Å². The van der Waals surface area contributed by atoms with Gasteiger partial charge in [-0.05, 0) is 0 Å². The fraction of sp³-hybridized carbons (Fsp3) is 0.583. The molecule has 1 aliphatic rings.